The molecule has 23 heavy (non-hydrogen) atoms. The molecular weight excluding hydrogens is 290 g/mol. The van der Waals surface area contributed by atoms with Crippen molar-refractivity contribution in [3.05, 3.63) is 48.0 Å². The predicted molar refractivity (Wildman–Crippen MR) is 88.2 cm³/mol. The van der Waals surface area contributed by atoms with E-state index in [9.17, 15) is 9.59 Å². The molecule has 0 aliphatic carbocycles. The SMILES string of the molecule is C[C@H](C#N)C[C@@H](NC(=O)Cc1ccc2ccccc2c1)C(N)=O. The molecule has 0 unspecified atom stereocenters. The fourth-order valence-electron chi connectivity index (χ4n) is 2.43. The molecule has 0 aliphatic heterocycles. The van der Waals surface area contributed by atoms with Crippen LogP contribution in [0.3, 0.4) is 0 Å². The fourth-order valence-corrected chi connectivity index (χ4v) is 2.43. The van der Waals surface area contributed by atoms with Crippen LogP contribution >= 0.6 is 0 Å². The van der Waals surface area contributed by atoms with Crippen molar-refractivity contribution in [2.24, 2.45) is 11.7 Å². The van der Waals surface area contributed by atoms with Crippen molar-refractivity contribution >= 4 is 22.6 Å². The summed E-state index contributed by atoms with van der Waals surface area (Å²) < 4.78 is 0. The number of carbonyl (C=O) groups excluding carboxylic acids is 2. The summed E-state index contributed by atoms with van der Waals surface area (Å²) in [5.74, 6) is -1.26. The van der Waals surface area contributed by atoms with Crippen LogP contribution in [0.25, 0.3) is 10.8 Å². The molecule has 0 fully saturated rings. The van der Waals surface area contributed by atoms with Gasteiger partial charge in [0.05, 0.1) is 12.5 Å². The number of nitriles is 1. The molecule has 0 radical (unpaired) electrons. The maximum absolute atomic E-state index is 12.1. The average molecular weight is 309 g/mol. The van der Waals surface area contributed by atoms with Crippen LogP contribution in [0, 0.1) is 17.2 Å². The average Bonchev–Trinajstić information content (AvgIpc) is 2.53. The molecular formula is C18H19N3O2. The van der Waals surface area contributed by atoms with Gasteiger partial charge in [0, 0.05) is 5.92 Å². The maximum Gasteiger partial charge on any atom is 0.240 e. The van der Waals surface area contributed by atoms with E-state index in [2.05, 4.69) is 5.32 Å². The van der Waals surface area contributed by atoms with Crippen molar-refractivity contribution in [2.45, 2.75) is 25.8 Å². The number of nitrogens with zero attached hydrogens (tertiary/aromatic N) is 1. The summed E-state index contributed by atoms with van der Waals surface area (Å²) in [6.45, 7) is 1.69. The van der Waals surface area contributed by atoms with Crippen LogP contribution < -0.4 is 11.1 Å². The lowest BCUT2D eigenvalue weighted by atomic mass is 10.0. The Morgan fingerprint density at radius 1 is 1.22 bits per heavy atom. The molecule has 2 atom stereocenters. The number of nitrogens with two attached hydrogens (primary N) is 1. The van der Waals surface area contributed by atoms with E-state index in [1.54, 1.807) is 6.92 Å². The highest BCUT2D eigenvalue weighted by Crippen LogP contribution is 2.16. The third-order valence-electron chi connectivity index (χ3n) is 3.67. The van der Waals surface area contributed by atoms with E-state index < -0.39 is 11.9 Å². The number of hydrogen-bond donors (Lipinski definition) is 2. The van der Waals surface area contributed by atoms with E-state index >= 15 is 0 Å². The Bertz CT molecular complexity index is 764. The van der Waals surface area contributed by atoms with E-state index in [1.807, 2.05) is 48.5 Å². The zero-order chi connectivity index (χ0) is 16.8. The topological polar surface area (TPSA) is 96.0 Å². The molecule has 5 nitrogen and oxygen atoms in total. The van der Waals surface area contributed by atoms with E-state index in [1.165, 1.54) is 0 Å². The van der Waals surface area contributed by atoms with E-state index in [4.69, 9.17) is 11.0 Å². The number of benzene rings is 2. The van der Waals surface area contributed by atoms with Crippen LogP contribution in [-0.4, -0.2) is 17.9 Å². The summed E-state index contributed by atoms with van der Waals surface area (Å²) in [7, 11) is 0. The minimum absolute atomic E-state index is 0.162. The smallest absolute Gasteiger partial charge is 0.240 e. The molecule has 0 spiro atoms. The predicted octanol–water partition coefficient (Wildman–Crippen LogP) is 1.90. The van der Waals surface area contributed by atoms with Gasteiger partial charge in [-0.15, -0.1) is 0 Å². The standard InChI is InChI=1S/C18H19N3O2/c1-12(11-19)8-16(18(20)23)21-17(22)10-13-6-7-14-4-2-3-5-15(14)9-13/h2-7,9,12,16H,8,10H2,1H3,(H2,20,23)(H,21,22)/t12-,16+/m0/s1. The number of primary amides is 1. The van der Waals surface area contributed by atoms with Gasteiger partial charge in [0.1, 0.15) is 6.04 Å². The molecule has 0 aromatic heterocycles. The second-order valence-corrected chi connectivity index (χ2v) is 5.65. The zero-order valence-corrected chi connectivity index (χ0v) is 13.0. The van der Waals surface area contributed by atoms with Gasteiger partial charge < -0.3 is 11.1 Å². The van der Waals surface area contributed by atoms with Crippen molar-refractivity contribution in [3.8, 4) is 6.07 Å². The number of fused-ring (bicyclic) bond motifs is 1. The Morgan fingerprint density at radius 2 is 1.91 bits per heavy atom. The van der Waals surface area contributed by atoms with Crippen molar-refractivity contribution in [1.29, 1.82) is 5.26 Å². The van der Waals surface area contributed by atoms with Gasteiger partial charge in [-0.2, -0.15) is 5.26 Å². The van der Waals surface area contributed by atoms with Crippen LogP contribution in [0.2, 0.25) is 0 Å². The molecule has 0 aliphatic rings. The minimum atomic E-state index is -0.822. The van der Waals surface area contributed by atoms with Crippen molar-refractivity contribution in [3.63, 3.8) is 0 Å². The van der Waals surface area contributed by atoms with Gasteiger partial charge in [0.25, 0.3) is 0 Å². The second-order valence-electron chi connectivity index (χ2n) is 5.65. The maximum atomic E-state index is 12.1. The van der Waals surface area contributed by atoms with Gasteiger partial charge in [0.15, 0.2) is 0 Å². The first-order valence-electron chi connectivity index (χ1n) is 7.45. The molecule has 2 rings (SSSR count). The molecule has 0 bridgehead atoms. The van der Waals surface area contributed by atoms with Crippen LogP contribution in [0.4, 0.5) is 0 Å². The first-order valence-corrected chi connectivity index (χ1v) is 7.45. The zero-order valence-electron chi connectivity index (χ0n) is 13.0. The van der Waals surface area contributed by atoms with Gasteiger partial charge in [-0.05, 0) is 29.7 Å². The number of amides is 2. The molecule has 0 heterocycles. The van der Waals surface area contributed by atoms with Crippen LogP contribution in [0.15, 0.2) is 42.5 Å². The van der Waals surface area contributed by atoms with Gasteiger partial charge >= 0.3 is 0 Å². The summed E-state index contributed by atoms with van der Waals surface area (Å²) in [6, 6.07) is 14.9. The lowest BCUT2D eigenvalue weighted by Gasteiger charge is -2.16. The van der Waals surface area contributed by atoms with Gasteiger partial charge in [-0.25, -0.2) is 0 Å². The van der Waals surface area contributed by atoms with Crippen LogP contribution in [0.5, 0.6) is 0 Å². The van der Waals surface area contributed by atoms with Gasteiger partial charge in [0.2, 0.25) is 11.8 Å². The van der Waals surface area contributed by atoms with Crippen molar-refractivity contribution < 1.29 is 9.59 Å². The number of hydrogen-bond acceptors (Lipinski definition) is 3. The molecule has 2 aromatic carbocycles. The normalized spacial score (nSPS) is 13.0. The molecule has 5 heteroatoms. The molecule has 3 N–H and O–H groups in total. The fraction of sp³-hybridized carbons (Fsp3) is 0.278. The molecule has 0 saturated heterocycles. The molecule has 2 amide bonds. The lowest BCUT2D eigenvalue weighted by molar-refractivity contribution is -0.127. The van der Waals surface area contributed by atoms with Crippen molar-refractivity contribution in [2.75, 3.05) is 0 Å². The van der Waals surface area contributed by atoms with Gasteiger partial charge in [-0.1, -0.05) is 42.5 Å². The quantitative estimate of drug-likeness (QED) is 0.853. The van der Waals surface area contributed by atoms with Crippen molar-refractivity contribution in [1.82, 2.24) is 5.32 Å². The summed E-state index contributed by atoms with van der Waals surface area (Å²) in [5.41, 5.74) is 6.15. The summed E-state index contributed by atoms with van der Waals surface area (Å²) in [6.07, 6.45) is 0.380. The Labute approximate surface area is 135 Å². The Hall–Kier alpha value is -2.87. The molecule has 2 aromatic rings. The monoisotopic (exact) mass is 309 g/mol. The third kappa shape index (κ3) is 4.55. The molecule has 118 valence electrons. The van der Waals surface area contributed by atoms with Crippen LogP contribution in [-0.2, 0) is 16.0 Å². The second kappa shape index (κ2) is 7.41. The van der Waals surface area contributed by atoms with E-state index in [-0.39, 0.29) is 24.7 Å². The van der Waals surface area contributed by atoms with Crippen LogP contribution in [0.1, 0.15) is 18.9 Å². The highest BCUT2D eigenvalue weighted by molar-refractivity contribution is 5.89. The largest absolute Gasteiger partial charge is 0.368 e. The highest BCUT2D eigenvalue weighted by atomic mass is 16.2. The van der Waals surface area contributed by atoms with Gasteiger partial charge in [-0.3, -0.25) is 9.59 Å². The molecule has 0 saturated carbocycles. The lowest BCUT2D eigenvalue weighted by Crippen LogP contribution is -2.45. The first-order chi connectivity index (χ1) is 11.0. The Balaban J connectivity index is 2.04. The third-order valence-corrected chi connectivity index (χ3v) is 3.67. The summed E-state index contributed by atoms with van der Waals surface area (Å²) in [5, 5.41) is 13.6. The first kappa shape index (κ1) is 16.5. The number of rotatable bonds is 6. The highest BCUT2D eigenvalue weighted by Gasteiger charge is 2.20. The number of nitrogens with one attached hydrogen (secondary N) is 1. The summed E-state index contributed by atoms with van der Waals surface area (Å²) in [4.78, 5) is 23.5. The summed E-state index contributed by atoms with van der Waals surface area (Å²) >= 11 is 0. The van der Waals surface area contributed by atoms with E-state index in [0.717, 1.165) is 16.3 Å². The Kier molecular flexibility index (Phi) is 5.32. The minimum Gasteiger partial charge on any atom is -0.368 e. The van der Waals surface area contributed by atoms with E-state index in [0.29, 0.717) is 0 Å². The number of carbonyl (C=O) groups is 2. The Morgan fingerprint density at radius 3 is 2.57 bits per heavy atom.